The molecule has 33 atom stereocenters. The molecular formula is C63H86O23. The Labute approximate surface area is 500 Å². The van der Waals surface area contributed by atoms with Crippen LogP contribution in [0.15, 0.2) is 0 Å². The SMILES string of the molecule is CC(=O)OCC(OC(C)=O)C1C[C@H]2O[C@@H]3[C@H](C[C@H]2O1)O[C@@]1(C[C@@H]3C)C[C@H](C)[C@@H]2O[C@]3(C[C@@H]2O1)C[C@H]1O[C@H]2[C@H](C)[C@H]4OC(=O)C[C@H]5CC[C@@H]6OC7[C@H]8O[C@]9(CC[C@H]%10CC(=O)[C@H](CC[C@H]%11C[C@@H](C)C(=O)[C@@H](C[C@@H]4O[C@H]2C[C@H]1O3)O%11)O%10)C[C@H]8O[C@@H]7[C@@H](O9)[C@H]6O5. The molecule has 17 rings (SSSR count). The number of hydrogen-bond donors (Lipinski definition) is 0. The van der Waals surface area contributed by atoms with E-state index >= 15 is 0 Å². The highest BCUT2D eigenvalue weighted by Gasteiger charge is 2.70. The van der Waals surface area contributed by atoms with E-state index in [9.17, 15) is 24.0 Å². The van der Waals surface area contributed by atoms with Gasteiger partial charge in [0, 0.05) is 96.3 Å². The Hall–Kier alpha value is -2.85. The Kier molecular flexibility index (Phi) is 14.8. The molecule has 17 aliphatic rings. The minimum absolute atomic E-state index is 0.00816. The van der Waals surface area contributed by atoms with E-state index < -0.39 is 102 Å². The number of hydrogen-bond acceptors (Lipinski definition) is 23. The summed E-state index contributed by atoms with van der Waals surface area (Å²) in [5.41, 5.74) is 0. The predicted octanol–water partition coefficient (Wildman–Crippen LogP) is 4.50. The van der Waals surface area contributed by atoms with Crippen molar-refractivity contribution in [3.8, 4) is 0 Å². The second-order valence-corrected chi connectivity index (χ2v) is 28.9. The molecule has 0 aliphatic carbocycles. The molecule has 17 fully saturated rings. The monoisotopic (exact) mass is 1210 g/mol. The minimum Gasteiger partial charge on any atom is -0.462 e. The molecule has 12 bridgehead atoms. The van der Waals surface area contributed by atoms with Crippen LogP contribution in [0.5, 0.6) is 0 Å². The van der Waals surface area contributed by atoms with Crippen molar-refractivity contribution in [2.75, 3.05) is 6.61 Å². The van der Waals surface area contributed by atoms with Crippen LogP contribution in [0.4, 0.5) is 0 Å². The van der Waals surface area contributed by atoms with Crippen LogP contribution in [0, 0.1) is 23.7 Å². The lowest BCUT2D eigenvalue weighted by Gasteiger charge is -2.54. The molecule has 0 aromatic heterocycles. The third-order valence-corrected chi connectivity index (χ3v) is 22.8. The Bertz CT molecular complexity index is 2660. The predicted molar refractivity (Wildman–Crippen MR) is 287 cm³/mol. The zero-order valence-electron chi connectivity index (χ0n) is 50.1. The number of rotatable bonds is 4. The lowest BCUT2D eigenvalue weighted by atomic mass is 9.78. The van der Waals surface area contributed by atoms with Crippen molar-refractivity contribution < 1.29 is 109 Å². The van der Waals surface area contributed by atoms with Crippen LogP contribution < -0.4 is 0 Å². The number of esters is 3. The van der Waals surface area contributed by atoms with E-state index in [1.807, 2.05) is 13.8 Å². The molecule has 3 spiro atoms. The van der Waals surface area contributed by atoms with Gasteiger partial charge in [-0.3, -0.25) is 24.0 Å². The topological polar surface area (TPSA) is 251 Å². The van der Waals surface area contributed by atoms with E-state index in [4.69, 9.17) is 85.3 Å². The fraction of sp³-hybridized carbons (Fsp3) is 0.921. The first-order valence-corrected chi connectivity index (χ1v) is 32.8. The number of carbonyl (C=O) groups excluding carboxylic acids is 5. The highest BCUT2D eigenvalue weighted by molar-refractivity contribution is 5.86. The summed E-state index contributed by atoms with van der Waals surface area (Å²) >= 11 is 0. The molecule has 86 heavy (non-hydrogen) atoms. The van der Waals surface area contributed by atoms with Crippen molar-refractivity contribution in [3.05, 3.63) is 0 Å². The number of ketones is 2. The summed E-state index contributed by atoms with van der Waals surface area (Å²) in [7, 11) is 0. The van der Waals surface area contributed by atoms with Crippen molar-refractivity contribution in [1.29, 1.82) is 0 Å². The third kappa shape index (κ3) is 10.3. The van der Waals surface area contributed by atoms with Crippen LogP contribution in [0.25, 0.3) is 0 Å². The van der Waals surface area contributed by atoms with Crippen molar-refractivity contribution in [1.82, 2.24) is 0 Å². The maximum atomic E-state index is 14.6. The quantitative estimate of drug-likeness (QED) is 0.278. The Balaban J connectivity index is 0.610. The second kappa shape index (κ2) is 21.9. The van der Waals surface area contributed by atoms with Crippen molar-refractivity contribution in [2.24, 2.45) is 23.7 Å². The van der Waals surface area contributed by atoms with Crippen LogP contribution in [0.1, 0.15) is 157 Å². The molecule has 0 aromatic rings. The van der Waals surface area contributed by atoms with Gasteiger partial charge in [0.15, 0.2) is 35.0 Å². The van der Waals surface area contributed by atoms with E-state index in [1.165, 1.54) is 13.8 Å². The van der Waals surface area contributed by atoms with Crippen LogP contribution in [0.2, 0.25) is 0 Å². The highest BCUT2D eigenvalue weighted by Crippen LogP contribution is 2.58. The van der Waals surface area contributed by atoms with Gasteiger partial charge in [-0.1, -0.05) is 27.7 Å². The Morgan fingerprint density at radius 2 is 1.12 bits per heavy atom. The molecule has 0 aromatic carbocycles. The van der Waals surface area contributed by atoms with Gasteiger partial charge in [-0.2, -0.15) is 0 Å². The summed E-state index contributed by atoms with van der Waals surface area (Å²) in [5.74, 6) is -4.66. The summed E-state index contributed by atoms with van der Waals surface area (Å²) < 4.78 is 120. The Morgan fingerprint density at radius 3 is 1.95 bits per heavy atom. The van der Waals surface area contributed by atoms with Gasteiger partial charge in [-0.15, -0.1) is 0 Å². The fourth-order valence-electron chi connectivity index (χ4n) is 19.1. The van der Waals surface area contributed by atoms with Gasteiger partial charge in [0.2, 0.25) is 0 Å². The summed E-state index contributed by atoms with van der Waals surface area (Å²) in [6.07, 6.45) is -2.22. The van der Waals surface area contributed by atoms with Gasteiger partial charge in [0.25, 0.3) is 0 Å². The lowest BCUT2D eigenvalue weighted by Crippen LogP contribution is -2.62. The second-order valence-electron chi connectivity index (χ2n) is 28.9. The molecule has 17 saturated heterocycles. The average Bonchev–Trinajstić information content (AvgIpc) is 1.55. The highest BCUT2D eigenvalue weighted by atomic mass is 16.8. The molecule has 23 nitrogen and oxygen atoms in total. The molecule has 476 valence electrons. The van der Waals surface area contributed by atoms with E-state index in [2.05, 4.69) is 13.8 Å². The normalized spacial score (nSPS) is 55.5. The van der Waals surface area contributed by atoms with Gasteiger partial charge in [0.05, 0.1) is 104 Å². The van der Waals surface area contributed by atoms with Gasteiger partial charge in [-0.05, 0) is 50.4 Å². The van der Waals surface area contributed by atoms with Crippen molar-refractivity contribution in [2.45, 2.75) is 333 Å². The van der Waals surface area contributed by atoms with E-state index in [-0.39, 0.29) is 146 Å². The molecule has 17 aliphatic heterocycles. The summed E-state index contributed by atoms with van der Waals surface area (Å²) in [5, 5.41) is 0. The molecule has 0 radical (unpaired) electrons. The van der Waals surface area contributed by atoms with Crippen LogP contribution in [0.3, 0.4) is 0 Å². The summed E-state index contributed by atoms with van der Waals surface area (Å²) in [6.45, 7) is 10.9. The van der Waals surface area contributed by atoms with E-state index in [1.54, 1.807) is 0 Å². The number of Topliss-reactive ketones (excluding diaryl/α,β-unsaturated/α-hetero) is 2. The van der Waals surface area contributed by atoms with E-state index in [0.717, 1.165) is 0 Å². The molecule has 23 heteroatoms. The molecule has 0 N–H and O–H groups in total. The van der Waals surface area contributed by atoms with Gasteiger partial charge >= 0.3 is 17.9 Å². The number of carbonyl (C=O) groups is 5. The maximum Gasteiger partial charge on any atom is 0.308 e. The molecule has 0 saturated carbocycles. The number of ether oxygens (including phenoxy) is 18. The Morgan fingerprint density at radius 1 is 0.465 bits per heavy atom. The largest absolute Gasteiger partial charge is 0.462 e. The minimum atomic E-state index is -0.987. The first-order chi connectivity index (χ1) is 41.3. The van der Waals surface area contributed by atoms with Crippen LogP contribution >= 0.6 is 0 Å². The first-order valence-electron chi connectivity index (χ1n) is 32.8. The smallest absolute Gasteiger partial charge is 0.308 e. The van der Waals surface area contributed by atoms with Gasteiger partial charge < -0.3 is 85.3 Å². The average molecular weight is 1210 g/mol. The van der Waals surface area contributed by atoms with Crippen molar-refractivity contribution in [3.63, 3.8) is 0 Å². The zero-order chi connectivity index (χ0) is 58.9. The van der Waals surface area contributed by atoms with Crippen molar-refractivity contribution >= 4 is 29.5 Å². The maximum absolute atomic E-state index is 14.6. The molecule has 17 heterocycles. The molecule has 3 unspecified atom stereocenters. The first kappa shape index (κ1) is 58.3. The zero-order valence-corrected chi connectivity index (χ0v) is 50.1. The third-order valence-electron chi connectivity index (χ3n) is 22.8. The molecule has 0 amide bonds. The summed E-state index contributed by atoms with van der Waals surface area (Å²) in [4.78, 5) is 66.1. The standard InChI is InChI=1S/C63H86O23/c1-26-13-32-7-9-36-35(66)14-34(71-36)11-12-61-23-47-57(85-61)58-59(79-47)60(86-61)56-37(76-58)10-8-33(73-56)15-50(67)80-55-29(4)54-43(75-44(55)19-42(72-32)51(26)68)18-41-46(78-54)22-63(81-41)24-48-53(84-63)28(3)21-62(83-48)20-27(2)52-45(82-62)17-38-39(77-52)16-40(74-38)49(70-31(6)65)25-69-30(5)64/h26-29,32-34,36-49,52-60H,7-25H2,1-6H3/t26-,27+,28+,29+,32+,33-,34+,36+,37+,38-,39-,40?,41-,42-,43+,44+,45+,46-,47-,48+,49?,52+,53+,54+,55-,56+,57+,58?,59+,60+,61+,62-,63+/m1/s1. The fourth-order valence-corrected chi connectivity index (χ4v) is 19.1. The molecular weight excluding hydrogens is 1120 g/mol. The lowest BCUT2D eigenvalue weighted by molar-refractivity contribution is -0.369. The summed E-state index contributed by atoms with van der Waals surface area (Å²) in [6, 6.07) is 0. The van der Waals surface area contributed by atoms with Gasteiger partial charge in [0.1, 0.15) is 61.5 Å². The van der Waals surface area contributed by atoms with E-state index in [0.29, 0.717) is 103 Å². The van der Waals surface area contributed by atoms with Crippen LogP contribution in [-0.2, 0) is 109 Å². The van der Waals surface area contributed by atoms with Gasteiger partial charge in [-0.25, -0.2) is 0 Å². The number of fused-ring (bicyclic) bond motifs is 11. The van der Waals surface area contributed by atoms with Crippen LogP contribution in [-0.4, -0.2) is 212 Å².